The molecule has 0 bridgehead atoms. The Balaban J connectivity index is 0. The van der Waals surface area contributed by atoms with Crippen LogP contribution in [-0.2, 0) is 9.59 Å². The highest BCUT2D eigenvalue weighted by Gasteiger charge is 1.95. The average molecular weight is 371 g/mol. The lowest BCUT2D eigenvalue weighted by molar-refractivity contribution is -0.138. The highest BCUT2D eigenvalue weighted by molar-refractivity contribution is 5.66. The maximum Gasteiger partial charge on any atom is 0.303 e. The topological polar surface area (TPSA) is 74.6 Å². The van der Waals surface area contributed by atoms with Crippen molar-refractivity contribution in [2.24, 2.45) is 0 Å². The van der Waals surface area contributed by atoms with Gasteiger partial charge >= 0.3 is 11.9 Å². The molecule has 0 aromatic carbocycles. The summed E-state index contributed by atoms with van der Waals surface area (Å²) in [7, 11) is 0. The molecule has 0 saturated carbocycles. The zero-order valence-corrected chi connectivity index (χ0v) is 17.2. The standard InChI is InChI=1S/C18H34O2.C4H8O2/c1-2-3-4-5-6-7-8-9-10-11-12-13-14-15-16-17-18(19)20;1-2-3-4(5)6/h9-10H,2-8,11-17H2,1H3,(H,19,20);2-3H2,1H3,(H,5,6). The Morgan fingerprint density at radius 3 is 1.38 bits per heavy atom. The lowest BCUT2D eigenvalue weighted by Gasteiger charge is -1.99. The summed E-state index contributed by atoms with van der Waals surface area (Å²) in [6.45, 7) is 4.10. The van der Waals surface area contributed by atoms with Crippen LogP contribution in [0, 0.1) is 0 Å². The summed E-state index contributed by atoms with van der Waals surface area (Å²) in [6.07, 6.45) is 22.3. The Kier molecular flexibility index (Phi) is 24.5. The van der Waals surface area contributed by atoms with Crippen LogP contribution < -0.4 is 0 Å². The number of carbonyl (C=O) groups is 2. The lowest BCUT2D eigenvalue weighted by atomic mass is 10.1. The second-order valence-electron chi connectivity index (χ2n) is 6.87. The molecule has 0 aliphatic rings. The first-order valence-corrected chi connectivity index (χ1v) is 10.6. The maximum absolute atomic E-state index is 10.3. The third kappa shape index (κ3) is 30.5. The van der Waals surface area contributed by atoms with Crippen LogP contribution in [-0.4, -0.2) is 22.2 Å². The van der Waals surface area contributed by atoms with Crippen molar-refractivity contribution in [3.63, 3.8) is 0 Å². The van der Waals surface area contributed by atoms with E-state index >= 15 is 0 Å². The fraction of sp³-hybridized carbons (Fsp3) is 0.818. The zero-order valence-electron chi connectivity index (χ0n) is 17.2. The van der Waals surface area contributed by atoms with Crippen LogP contribution in [0.5, 0.6) is 0 Å². The molecule has 0 fully saturated rings. The first kappa shape index (κ1) is 26.9. The van der Waals surface area contributed by atoms with Gasteiger partial charge in [-0.3, -0.25) is 9.59 Å². The van der Waals surface area contributed by atoms with Gasteiger partial charge in [0.1, 0.15) is 0 Å². The molecule has 0 saturated heterocycles. The van der Waals surface area contributed by atoms with Gasteiger partial charge in [-0.05, 0) is 38.5 Å². The van der Waals surface area contributed by atoms with Crippen LogP contribution in [0.2, 0.25) is 0 Å². The van der Waals surface area contributed by atoms with Gasteiger partial charge in [0.25, 0.3) is 0 Å². The molecule has 4 heteroatoms. The second-order valence-corrected chi connectivity index (χ2v) is 6.87. The minimum absolute atomic E-state index is 0.292. The highest BCUT2D eigenvalue weighted by atomic mass is 16.4. The molecule has 0 spiro atoms. The maximum atomic E-state index is 10.3. The average Bonchev–Trinajstić information content (AvgIpc) is 2.58. The SMILES string of the molecule is CCCC(=O)O.CCCCCCCCC=CCCCCCCCC(=O)O. The van der Waals surface area contributed by atoms with E-state index in [-0.39, 0.29) is 0 Å². The Labute approximate surface area is 161 Å². The van der Waals surface area contributed by atoms with Crippen molar-refractivity contribution in [1.82, 2.24) is 0 Å². The molecular formula is C22H42O4. The summed E-state index contributed by atoms with van der Waals surface area (Å²) >= 11 is 0. The van der Waals surface area contributed by atoms with Crippen LogP contribution >= 0.6 is 0 Å². The number of allylic oxidation sites excluding steroid dienone is 2. The molecule has 26 heavy (non-hydrogen) atoms. The molecule has 0 aliphatic heterocycles. The van der Waals surface area contributed by atoms with E-state index in [0.29, 0.717) is 12.8 Å². The van der Waals surface area contributed by atoms with Gasteiger partial charge in [-0.25, -0.2) is 0 Å². The van der Waals surface area contributed by atoms with Gasteiger partial charge in [-0.15, -0.1) is 0 Å². The summed E-state index contributed by atoms with van der Waals surface area (Å²) in [5.74, 6) is -1.37. The van der Waals surface area contributed by atoms with Gasteiger partial charge in [-0.2, -0.15) is 0 Å². The van der Waals surface area contributed by atoms with Crippen molar-refractivity contribution < 1.29 is 19.8 Å². The minimum atomic E-state index is -0.711. The highest BCUT2D eigenvalue weighted by Crippen LogP contribution is 2.09. The van der Waals surface area contributed by atoms with Crippen molar-refractivity contribution in [3.8, 4) is 0 Å². The zero-order chi connectivity index (χ0) is 19.9. The lowest BCUT2D eigenvalue weighted by Crippen LogP contribution is -1.93. The van der Waals surface area contributed by atoms with Gasteiger partial charge in [0.15, 0.2) is 0 Å². The smallest absolute Gasteiger partial charge is 0.303 e. The van der Waals surface area contributed by atoms with E-state index in [4.69, 9.17) is 10.2 Å². The quantitative estimate of drug-likeness (QED) is 0.214. The van der Waals surface area contributed by atoms with Crippen molar-refractivity contribution in [2.45, 2.75) is 117 Å². The summed E-state index contributed by atoms with van der Waals surface area (Å²) in [5.41, 5.74) is 0. The first-order chi connectivity index (χ1) is 12.5. The molecule has 154 valence electrons. The van der Waals surface area contributed by atoms with Gasteiger partial charge in [0.05, 0.1) is 0 Å². The first-order valence-electron chi connectivity index (χ1n) is 10.6. The predicted molar refractivity (Wildman–Crippen MR) is 110 cm³/mol. The Morgan fingerprint density at radius 1 is 0.577 bits per heavy atom. The van der Waals surface area contributed by atoms with Crippen LogP contribution in [0.3, 0.4) is 0 Å². The van der Waals surface area contributed by atoms with Gasteiger partial charge in [0, 0.05) is 12.8 Å². The third-order valence-corrected chi connectivity index (χ3v) is 4.12. The van der Waals surface area contributed by atoms with E-state index in [0.717, 1.165) is 19.3 Å². The molecule has 0 unspecified atom stereocenters. The molecule has 0 aliphatic carbocycles. The largest absolute Gasteiger partial charge is 0.481 e. The second kappa shape index (κ2) is 23.7. The van der Waals surface area contributed by atoms with E-state index in [1.165, 1.54) is 70.6 Å². The van der Waals surface area contributed by atoms with Crippen LogP contribution in [0.25, 0.3) is 0 Å². The van der Waals surface area contributed by atoms with Gasteiger partial charge in [-0.1, -0.05) is 77.4 Å². The number of carboxylic acid groups (broad SMARTS) is 2. The monoisotopic (exact) mass is 370 g/mol. The van der Waals surface area contributed by atoms with E-state index in [9.17, 15) is 9.59 Å². The third-order valence-electron chi connectivity index (χ3n) is 4.12. The van der Waals surface area contributed by atoms with Crippen LogP contribution in [0.4, 0.5) is 0 Å². The molecule has 0 rings (SSSR count). The molecule has 2 N–H and O–H groups in total. The van der Waals surface area contributed by atoms with Gasteiger partial charge in [0.2, 0.25) is 0 Å². The Hall–Kier alpha value is -1.32. The van der Waals surface area contributed by atoms with E-state index in [1.807, 2.05) is 6.92 Å². The fourth-order valence-electron chi connectivity index (χ4n) is 2.56. The van der Waals surface area contributed by atoms with E-state index in [1.54, 1.807) is 0 Å². The van der Waals surface area contributed by atoms with Crippen molar-refractivity contribution in [3.05, 3.63) is 12.2 Å². The number of unbranched alkanes of at least 4 members (excludes halogenated alkanes) is 11. The molecule has 0 aromatic heterocycles. The Morgan fingerprint density at radius 2 is 1.00 bits per heavy atom. The molecular weight excluding hydrogens is 328 g/mol. The molecule has 0 radical (unpaired) electrons. The number of rotatable bonds is 17. The number of carboxylic acids is 2. The summed E-state index contributed by atoms with van der Waals surface area (Å²) < 4.78 is 0. The summed E-state index contributed by atoms with van der Waals surface area (Å²) in [5, 5.41) is 16.4. The van der Waals surface area contributed by atoms with Crippen molar-refractivity contribution in [2.75, 3.05) is 0 Å². The van der Waals surface area contributed by atoms with Crippen molar-refractivity contribution in [1.29, 1.82) is 0 Å². The Bertz CT molecular complexity index is 337. The minimum Gasteiger partial charge on any atom is -0.481 e. The predicted octanol–water partition coefficient (Wildman–Crippen LogP) is 6.98. The summed E-state index contributed by atoms with van der Waals surface area (Å²) in [6, 6.07) is 0. The van der Waals surface area contributed by atoms with Crippen LogP contribution in [0.15, 0.2) is 12.2 Å². The van der Waals surface area contributed by atoms with Crippen LogP contribution in [0.1, 0.15) is 117 Å². The molecule has 0 aromatic rings. The van der Waals surface area contributed by atoms with Gasteiger partial charge < -0.3 is 10.2 Å². The molecule has 0 atom stereocenters. The number of aliphatic carboxylic acids is 2. The fourth-order valence-corrected chi connectivity index (χ4v) is 2.56. The van der Waals surface area contributed by atoms with E-state index in [2.05, 4.69) is 19.1 Å². The molecule has 0 heterocycles. The van der Waals surface area contributed by atoms with Crippen molar-refractivity contribution >= 4 is 11.9 Å². The van der Waals surface area contributed by atoms with E-state index < -0.39 is 11.9 Å². The normalized spacial score (nSPS) is 10.5. The summed E-state index contributed by atoms with van der Waals surface area (Å²) in [4.78, 5) is 19.9. The molecule has 0 amide bonds. The number of hydrogen-bond donors (Lipinski definition) is 2. The molecule has 4 nitrogen and oxygen atoms in total. The number of hydrogen-bond acceptors (Lipinski definition) is 2.